The summed E-state index contributed by atoms with van der Waals surface area (Å²) in [6.45, 7) is 0. The number of aromatic nitrogens is 2. The first-order valence-electron chi connectivity index (χ1n) is 7.69. The Labute approximate surface area is 136 Å². The number of rotatable bonds is 2. The van der Waals surface area contributed by atoms with E-state index in [4.69, 9.17) is 0 Å². The number of aromatic amines is 1. The Kier molecular flexibility index (Phi) is 3.58. The number of H-pyrrole nitrogens is 1. The Balaban J connectivity index is 1.75. The van der Waals surface area contributed by atoms with Gasteiger partial charge in [-0.2, -0.15) is 0 Å². The third kappa shape index (κ3) is 2.72. The van der Waals surface area contributed by atoms with Gasteiger partial charge in [0.25, 0.3) is 5.56 Å². The van der Waals surface area contributed by atoms with Crippen LogP contribution in [-0.2, 0) is 12.8 Å². The van der Waals surface area contributed by atoms with Crippen molar-refractivity contribution in [3.63, 3.8) is 0 Å². The van der Waals surface area contributed by atoms with Crippen LogP contribution < -0.4 is 5.56 Å². The lowest BCUT2D eigenvalue weighted by Gasteiger charge is -2.09. The number of thiophene rings is 1. The molecule has 5 heteroatoms. The minimum absolute atomic E-state index is 0.0757. The van der Waals surface area contributed by atoms with Gasteiger partial charge in [0.05, 0.1) is 5.39 Å². The Morgan fingerprint density at radius 2 is 2.09 bits per heavy atom. The molecular formula is C18H15FN2OS. The molecule has 4 rings (SSSR count). The molecule has 2 aromatic heterocycles. The van der Waals surface area contributed by atoms with Gasteiger partial charge in [-0.3, -0.25) is 4.79 Å². The molecule has 0 amide bonds. The van der Waals surface area contributed by atoms with Gasteiger partial charge in [0, 0.05) is 4.88 Å². The molecule has 0 bridgehead atoms. The van der Waals surface area contributed by atoms with Crippen LogP contribution in [0, 0.1) is 5.82 Å². The van der Waals surface area contributed by atoms with Crippen LogP contribution in [-0.4, -0.2) is 9.97 Å². The number of aryl methyl sites for hydroxylation is 2. The van der Waals surface area contributed by atoms with Crippen molar-refractivity contribution in [2.75, 3.05) is 0 Å². The zero-order valence-corrected chi connectivity index (χ0v) is 13.3. The van der Waals surface area contributed by atoms with Crippen molar-refractivity contribution in [3.05, 3.63) is 62.3 Å². The Hall–Kier alpha value is -2.27. The van der Waals surface area contributed by atoms with Gasteiger partial charge in [-0.05, 0) is 55.0 Å². The third-order valence-corrected chi connectivity index (χ3v) is 5.31. The van der Waals surface area contributed by atoms with Crippen LogP contribution in [0.25, 0.3) is 22.4 Å². The second kappa shape index (κ2) is 5.74. The molecule has 2 heterocycles. The lowest BCUT2D eigenvalue weighted by molar-refractivity contribution is 0.627. The Bertz CT molecular complexity index is 971. The fraction of sp³-hybridized carbons (Fsp3) is 0.222. The van der Waals surface area contributed by atoms with Gasteiger partial charge in [0.1, 0.15) is 16.5 Å². The lowest BCUT2D eigenvalue weighted by Crippen LogP contribution is -2.11. The summed E-state index contributed by atoms with van der Waals surface area (Å²) in [7, 11) is 0. The first-order chi connectivity index (χ1) is 11.2. The van der Waals surface area contributed by atoms with Crippen molar-refractivity contribution in [1.82, 2.24) is 9.97 Å². The predicted molar refractivity (Wildman–Crippen MR) is 92.2 cm³/mol. The van der Waals surface area contributed by atoms with E-state index in [1.165, 1.54) is 29.0 Å². The van der Waals surface area contributed by atoms with Gasteiger partial charge in [-0.25, -0.2) is 9.37 Å². The highest BCUT2D eigenvalue weighted by Gasteiger charge is 2.19. The molecule has 0 radical (unpaired) electrons. The molecule has 1 aliphatic rings. The maximum atomic E-state index is 13.2. The second-order valence-electron chi connectivity index (χ2n) is 5.73. The van der Waals surface area contributed by atoms with E-state index in [2.05, 4.69) is 9.97 Å². The summed E-state index contributed by atoms with van der Waals surface area (Å²) in [6.07, 6.45) is 7.81. The van der Waals surface area contributed by atoms with E-state index >= 15 is 0 Å². The fourth-order valence-electron chi connectivity index (χ4n) is 3.04. The van der Waals surface area contributed by atoms with Crippen molar-refractivity contribution in [3.8, 4) is 0 Å². The van der Waals surface area contributed by atoms with Crippen molar-refractivity contribution in [1.29, 1.82) is 0 Å². The van der Waals surface area contributed by atoms with Crippen LogP contribution in [0.3, 0.4) is 0 Å². The predicted octanol–water partition coefficient (Wildman–Crippen LogP) is 4.17. The summed E-state index contributed by atoms with van der Waals surface area (Å²) >= 11 is 1.63. The summed E-state index contributed by atoms with van der Waals surface area (Å²) in [4.78, 5) is 21.9. The molecule has 1 aromatic carbocycles. The van der Waals surface area contributed by atoms with Crippen molar-refractivity contribution in [2.45, 2.75) is 25.7 Å². The van der Waals surface area contributed by atoms with E-state index < -0.39 is 0 Å². The zero-order valence-electron chi connectivity index (χ0n) is 12.4. The van der Waals surface area contributed by atoms with Gasteiger partial charge in [0.15, 0.2) is 0 Å². The van der Waals surface area contributed by atoms with Gasteiger partial charge < -0.3 is 4.98 Å². The summed E-state index contributed by atoms with van der Waals surface area (Å²) in [5.41, 5.74) is 1.84. The van der Waals surface area contributed by atoms with Crippen LogP contribution in [0.2, 0.25) is 0 Å². The summed E-state index contributed by atoms with van der Waals surface area (Å²) in [6, 6.07) is 6.30. The number of nitrogens with zero attached hydrogens (tertiary/aromatic N) is 1. The van der Waals surface area contributed by atoms with Crippen LogP contribution >= 0.6 is 11.3 Å². The normalized spacial score (nSPS) is 14.5. The standard InChI is InChI=1S/C18H15FN2OS/c19-12-5-3-4-11(10-12)8-9-15-20-17(22)16-13-6-1-2-7-14(13)23-18(16)21-15/h3-5,8-10H,1-2,6-7H2,(H,20,21,22)/b9-8+. The molecule has 0 unspecified atom stereocenters. The molecule has 0 spiro atoms. The molecule has 1 N–H and O–H groups in total. The molecule has 0 saturated carbocycles. The Morgan fingerprint density at radius 1 is 1.22 bits per heavy atom. The van der Waals surface area contributed by atoms with E-state index in [9.17, 15) is 9.18 Å². The highest BCUT2D eigenvalue weighted by Crippen LogP contribution is 2.33. The average molecular weight is 326 g/mol. The summed E-state index contributed by atoms with van der Waals surface area (Å²) in [5, 5.41) is 0.757. The average Bonchev–Trinajstić information content (AvgIpc) is 2.92. The molecule has 3 nitrogen and oxygen atoms in total. The first-order valence-corrected chi connectivity index (χ1v) is 8.50. The number of hydrogen-bond acceptors (Lipinski definition) is 3. The van der Waals surface area contributed by atoms with E-state index in [0.29, 0.717) is 5.82 Å². The fourth-order valence-corrected chi connectivity index (χ4v) is 4.31. The summed E-state index contributed by atoms with van der Waals surface area (Å²) in [5.74, 6) is 0.223. The molecule has 0 saturated heterocycles. The number of benzene rings is 1. The SMILES string of the molecule is O=c1[nH]c(/C=C/c2cccc(F)c2)nc2sc3c(c12)CCCC3. The molecule has 1 aliphatic carbocycles. The maximum absolute atomic E-state index is 13.2. The van der Waals surface area contributed by atoms with Gasteiger partial charge in [0.2, 0.25) is 0 Å². The molecule has 3 aromatic rings. The minimum atomic E-state index is -0.282. The molecule has 116 valence electrons. The van der Waals surface area contributed by atoms with E-state index in [-0.39, 0.29) is 11.4 Å². The third-order valence-electron chi connectivity index (χ3n) is 4.13. The number of fused-ring (bicyclic) bond motifs is 3. The lowest BCUT2D eigenvalue weighted by atomic mass is 9.97. The van der Waals surface area contributed by atoms with Crippen molar-refractivity contribution >= 4 is 33.7 Å². The zero-order chi connectivity index (χ0) is 15.8. The van der Waals surface area contributed by atoms with E-state index in [0.717, 1.165) is 35.0 Å². The minimum Gasteiger partial charge on any atom is -0.306 e. The molecule has 0 fully saturated rings. The highest BCUT2D eigenvalue weighted by atomic mass is 32.1. The Morgan fingerprint density at radius 3 is 2.96 bits per heavy atom. The number of hydrogen-bond donors (Lipinski definition) is 1. The molecule has 23 heavy (non-hydrogen) atoms. The van der Waals surface area contributed by atoms with Crippen LogP contribution in [0.1, 0.15) is 34.7 Å². The largest absolute Gasteiger partial charge is 0.306 e. The second-order valence-corrected chi connectivity index (χ2v) is 6.81. The van der Waals surface area contributed by atoms with Crippen LogP contribution in [0.4, 0.5) is 4.39 Å². The van der Waals surface area contributed by atoms with Crippen LogP contribution in [0.5, 0.6) is 0 Å². The van der Waals surface area contributed by atoms with Crippen molar-refractivity contribution in [2.24, 2.45) is 0 Å². The van der Waals surface area contributed by atoms with Crippen LogP contribution in [0.15, 0.2) is 29.1 Å². The molecule has 0 atom stereocenters. The first kappa shape index (κ1) is 14.3. The highest BCUT2D eigenvalue weighted by molar-refractivity contribution is 7.18. The number of halogens is 1. The molecular weight excluding hydrogens is 311 g/mol. The maximum Gasteiger partial charge on any atom is 0.260 e. The van der Waals surface area contributed by atoms with Gasteiger partial charge in [-0.1, -0.05) is 18.2 Å². The summed E-state index contributed by atoms with van der Waals surface area (Å²) < 4.78 is 13.2. The van der Waals surface area contributed by atoms with Gasteiger partial charge in [-0.15, -0.1) is 11.3 Å². The molecule has 0 aliphatic heterocycles. The number of nitrogens with one attached hydrogen (secondary N) is 1. The smallest absolute Gasteiger partial charge is 0.260 e. The van der Waals surface area contributed by atoms with Crippen molar-refractivity contribution < 1.29 is 4.39 Å². The van der Waals surface area contributed by atoms with E-state index in [1.54, 1.807) is 35.6 Å². The topological polar surface area (TPSA) is 45.8 Å². The monoisotopic (exact) mass is 326 g/mol. The van der Waals surface area contributed by atoms with Gasteiger partial charge >= 0.3 is 0 Å². The van der Waals surface area contributed by atoms with E-state index in [1.807, 2.05) is 0 Å². The quantitative estimate of drug-likeness (QED) is 0.768.